The third kappa shape index (κ3) is 4.57. The summed E-state index contributed by atoms with van der Waals surface area (Å²) in [5, 5.41) is 6.19. The lowest BCUT2D eigenvalue weighted by Gasteiger charge is -2.26. The molecule has 0 aromatic carbocycles. The first-order chi connectivity index (χ1) is 9.20. The summed E-state index contributed by atoms with van der Waals surface area (Å²) in [6, 6.07) is 0. The van der Waals surface area contributed by atoms with Crippen LogP contribution in [0.3, 0.4) is 0 Å². The summed E-state index contributed by atoms with van der Waals surface area (Å²) >= 11 is 0. The van der Waals surface area contributed by atoms with Crippen LogP contribution in [0.4, 0.5) is 8.78 Å². The van der Waals surface area contributed by atoms with E-state index in [4.69, 9.17) is 0 Å². The number of hydrogen-bond donors (Lipinski definition) is 2. The van der Waals surface area contributed by atoms with Gasteiger partial charge in [-0.1, -0.05) is 6.42 Å². The van der Waals surface area contributed by atoms with Gasteiger partial charge in [-0.05, 0) is 18.8 Å². The van der Waals surface area contributed by atoms with E-state index in [0.29, 0.717) is 17.7 Å². The molecule has 1 aromatic rings. The summed E-state index contributed by atoms with van der Waals surface area (Å²) in [4.78, 5) is 7.97. The van der Waals surface area contributed by atoms with Crippen molar-refractivity contribution in [3.63, 3.8) is 0 Å². The Morgan fingerprint density at radius 1 is 1.50 bits per heavy atom. The minimum atomic E-state index is -2.57. The van der Waals surface area contributed by atoms with E-state index in [1.54, 1.807) is 7.05 Å². The van der Waals surface area contributed by atoms with E-state index in [2.05, 4.69) is 20.6 Å². The smallest absolute Gasteiger partial charge is 0.319 e. The highest BCUT2D eigenvalue weighted by atomic mass is 127. The number of imidazole rings is 1. The summed E-state index contributed by atoms with van der Waals surface area (Å²) in [5.74, 6) is 1.62. The van der Waals surface area contributed by atoms with Crippen LogP contribution in [-0.2, 0) is 6.54 Å². The summed E-state index contributed by atoms with van der Waals surface area (Å²) in [6.07, 6.45) is 6.43. The predicted molar refractivity (Wildman–Crippen MR) is 84.4 cm³/mol. The largest absolute Gasteiger partial charge is 0.356 e. The fraction of sp³-hybridized carbons (Fsp3) is 0.667. The van der Waals surface area contributed by atoms with E-state index in [0.717, 1.165) is 11.1 Å². The van der Waals surface area contributed by atoms with Gasteiger partial charge in [0, 0.05) is 26.0 Å². The second-order valence-electron chi connectivity index (χ2n) is 4.63. The van der Waals surface area contributed by atoms with Gasteiger partial charge in [-0.3, -0.25) is 9.56 Å². The molecular weight excluding hydrogens is 379 g/mol. The number of rotatable bonds is 5. The van der Waals surface area contributed by atoms with Gasteiger partial charge in [-0.2, -0.15) is 8.78 Å². The fourth-order valence-electron chi connectivity index (χ4n) is 1.98. The van der Waals surface area contributed by atoms with Gasteiger partial charge in [0.2, 0.25) is 0 Å². The van der Waals surface area contributed by atoms with Crippen molar-refractivity contribution in [3.05, 3.63) is 18.2 Å². The number of aromatic nitrogens is 2. The van der Waals surface area contributed by atoms with Crippen LogP contribution in [-0.4, -0.2) is 29.1 Å². The fourth-order valence-corrected chi connectivity index (χ4v) is 1.98. The number of nitrogens with one attached hydrogen (secondary N) is 2. The Hall–Kier alpha value is -0.930. The topological polar surface area (TPSA) is 54.2 Å². The molecule has 114 valence electrons. The summed E-state index contributed by atoms with van der Waals surface area (Å²) in [7, 11) is 1.66. The molecule has 0 unspecified atom stereocenters. The van der Waals surface area contributed by atoms with Gasteiger partial charge in [0.05, 0.1) is 6.54 Å². The third-order valence-electron chi connectivity index (χ3n) is 3.38. The Kier molecular flexibility index (Phi) is 7.17. The molecule has 2 N–H and O–H groups in total. The first-order valence-corrected chi connectivity index (χ1v) is 6.45. The molecule has 1 aromatic heterocycles. The molecule has 5 nitrogen and oxygen atoms in total. The van der Waals surface area contributed by atoms with E-state index >= 15 is 0 Å². The van der Waals surface area contributed by atoms with E-state index in [9.17, 15) is 8.78 Å². The molecule has 0 spiro atoms. The van der Waals surface area contributed by atoms with Gasteiger partial charge < -0.3 is 10.6 Å². The Morgan fingerprint density at radius 3 is 2.80 bits per heavy atom. The van der Waals surface area contributed by atoms with E-state index in [1.807, 2.05) is 0 Å². The van der Waals surface area contributed by atoms with Gasteiger partial charge in [-0.15, -0.1) is 24.0 Å². The van der Waals surface area contributed by atoms with Crippen molar-refractivity contribution in [2.75, 3.05) is 13.6 Å². The maximum absolute atomic E-state index is 12.6. The van der Waals surface area contributed by atoms with Crippen molar-refractivity contribution in [1.82, 2.24) is 20.2 Å². The van der Waals surface area contributed by atoms with E-state index < -0.39 is 6.55 Å². The Balaban J connectivity index is 0.00000200. The minimum Gasteiger partial charge on any atom is -0.356 e. The van der Waals surface area contributed by atoms with Crippen molar-refractivity contribution in [2.24, 2.45) is 10.9 Å². The molecule has 20 heavy (non-hydrogen) atoms. The lowest BCUT2D eigenvalue weighted by atomic mass is 9.85. The standard InChI is InChI=1S/C12H19F2N5.HI/c1-15-12(17-7-9-3-2-4-9)18-8-10-16-5-6-19(10)11(13)14;/h5-6,9,11H,2-4,7-8H2,1H3,(H2,15,17,18);1H. The van der Waals surface area contributed by atoms with Crippen LogP contribution in [0.25, 0.3) is 0 Å². The molecular formula is C12H20F2IN5. The van der Waals surface area contributed by atoms with Crippen molar-refractivity contribution in [2.45, 2.75) is 32.4 Å². The molecule has 0 aliphatic heterocycles. The monoisotopic (exact) mass is 399 g/mol. The van der Waals surface area contributed by atoms with Crippen molar-refractivity contribution in [1.29, 1.82) is 0 Å². The molecule has 1 aliphatic rings. The van der Waals surface area contributed by atoms with Gasteiger partial charge in [0.15, 0.2) is 5.96 Å². The Labute approximate surface area is 134 Å². The molecule has 0 atom stereocenters. The van der Waals surface area contributed by atoms with Crippen LogP contribution in [0.15, 0.2) is 17.4 Å². The SMILES string of the molecule is CN=C(NCc1nccn1C(F)F)NCC1CCC1.I. The van der Waals surface area contributed by atoms with Crippen molar-refractivity contribution >= 4 is 29.9 Å². The van der Waals surface area contributed by atoms with Gasteiger partial charge >= 0.3 is 6.55 Å². The average Bonchev–Trinajstić information content (AvgIpc) is 2.79. The summed E-state index contributed by atoms with van der Waals surface area (Å²) in [5.41, 5.74) is 0. The second-order valence-corrected chi connectivity index (χ2v) is 4.63. The molecule has 1 saturated carbocycles. The van der Waals surface area contributed by atoms with E-state index in [-0.39, 0.29) is 30.5 Å². The zero-order valence-electron chi connectivity index (χ0n) is 11.4. The minimum absolute atomic E-state index is 0. The molecule has 1 heterocycles. The van der Waals surface area contributed by atoms with Gasteiger partial charge in [0.25, 0.3) is 0 Å². The first-order valence-electron chi connectivity index (χ1n) is 6.45. The highest BCUT2D eigenvalue weighted by Gasteiger charge is 2.17. The van der Waals surface area contributed by atoms with Crippen LogP contribution in [0.1, 0.15) is 31.6 Å². The van der Waals surface area contributed by atoms with Crippen LogP contribution in [0.5, 0.6) is 0 Å². The molecule has 0 bridgehead atoms. The Morgan fingerprint density at radius 2 is 2.25 bits per heavy atom. The third-order valence-corrected chi connectivity index (χ3v) is 3.38. The number of aliphatic imine (C=N–C) groups is 1. The van der Waals surface area contributed by atoms with Crippen LogP contribution in [0, 0.1) is 5.92 Å². The summed E-state index contributed by atoms with van der Waals surface area (Å²) < 4.78 is 26.1. The molecule has 0 radical (unpaired) electrons. The van der Waals surface area contributed by atoms with Crippen LogP contribution >= 0.6 is 24.0 Å². The molecule has 1 aliphatic carbocycles. The molecule has 0 saturated heterocycles. The van der Waals surface area contributed by atoms with Crippen LogP contribution in [0.2, 0.25) is 0 Å². The average molecular weight is 399 g/mol. The maximum Gasteiger partial charge on any atom is 0.319 e. The van der Waals surface area contributed by atoms with Crippen molar-refractivity contribution < 1.29 is 8.78 Å². The zero-order chi connectivity index (χ0) is 13.7. The van der Waals surface area contributed by atoms with Gasteiger partial charge in [-0.25, -0.2) is 4.98 Å². The second kappa shape index (κ2) is 8.38. The first kappa shape index (κ1) is 17.1. The molecule has 2 rings (SSSR count). The Bertz CT molecular complexity index is 431. The van der Waals surface area contributed by atoms with Gasteiger partial charge in [0.1, 0.15) is 5.82 Å². The zero-order valence-corrected chi connectivity index (χ0v) is 13.7. The van der Waals surface area contributed by atoms with E-state index in [1.165, 1.54) is 31.7 Å². The summed E-state index contributed by atoms with van der Waals surface area (Å²) in [6.45, 7) is -1.46. The molecule has 8 heteroatoms. The number of nitrogens with zero attached hydrogens (tertiary/aromatic N) is 3. The van der Waals surface area contributed by atoms with Crippen molar-refractivity contribution in [3.8, 4) is 0 Å². The maximum atomic E-state index is 12.6. The lowest BCUT2D eigenvalue weighted by Crippen LogP contribution is -2.41. The number of guanidine groups is 1. The number of alkyl halides is 2. The predicted octanol–water partition coefficient (Wildman–Crippen LogP) is 2.36. The van der Waals surface area contributed by atoms with Crippen LogP contribution < -0.4 is 10.6 Å². The number of halogens is 3. The lowest BCUT2D eigenvalue weighted by molar-refractivity contribution is 0.0668. The molecule has 1 fully saturated rings. The highest BCUT2D eigenvalue weighted by Crippen LogP contribution is 2.25. The molecule has 0 amide bonds. The normalized spacial score (nSPS) is 15.7. The quantitative estimate of drug-likeness (QED) is 0.454. The highest BCUT2D eigenvalue weighted by molar-refractivity contribution is 14.0. The number of hydrogen-bond acceptors (Lipinski definition) is 2.